The van der Waals surface area contributed by atoms with Gasteiger partial charge in [-0.3, -0.25) is 0 Å². The molecule has 6 heteroatoms. The Labute approximate surface area is 134 Å². The molecule has 2 N–H and O–H groups in total. The second kappa shape index (κ2) is 8.29. The second-order valence-electron chi connectivity index (χ2n) is 4.50. The number of anilines is 1. The van der Waals surface area contributed by atoms with E-state index < -0.39 is 0 Å². The zero-order valence-corrected chi connectivity index (χ0v) is 13.1. The lowest BCUT2D eigenvalue weighted by atomic mass is 10.1. The molecule has 0 atom stereocenters. The van der Waals surface area contributed by atoms with Gasteiger partial charge in [-0.25, -0.2) is 9.37 Å². The molecule has 2 rings (SSSR count). The molecular formula is C16H18FN3OS. The van der Waals surface area contributed by atoms with E-state index in [4.69, 9.17) is 17.0 Å². The molecule has 1 heterocycles. The van der Waals surface area contributed by atoms with Gasteiger partial charge in [-0.05, 0) is 49.8 Å². The molecule has 0 spiro atoms. The van der Waals surface area contributed by atoms with Gasteiger partial charge in [-0.2, -0.15) is 0 Å². The zero-order chi connectivity index (χ0) is 15.8. The van der Waals surface area contributed by atoms with E-state index in [2.05, 4.69) is 15.6 Å². The second-order valence-corrected chi connectivity index (χ2v) is 4.90. The Morgan fingerprint density at radius 2 is 2.14 bits per heavy atom. The van der Waals surface area contributed by atoms with Crippen molar-refractivity contribution in [2.75, 3.05) is 18.5 Å². The lowest BCUT2D eigenvalue weighted by molar-refractivity contribution is 0.333. The quantitative estimate of drug-likeness (QED) is 0.801. The van der Waals surface area contributed by atoms with Crippen LogP contribution >= 0.6 is 12.2 Å². The van der Waals surface area contributed by atoms with Crippen LogP contribution in [0.5, 0.6) is 5.75 Å². The van der Waals surface area contributed by atoms with Crippen LogP contribution in [0.25, 0.3) is 0 Å². The molecule has 4 nitrogen and oxygen atoms in total. The van der Waals surface area contributed by atoms with Crippen LogP contribution in [-0.2, 0) is 6.42 Å². The Balaban J connectivity index is 1.87. The summed E-state index contributed by atoms with van der Waals surface area (Å²) in [7, 11) is 0. The summed E-state index contributed by atoms with van der Waals surface area (Å²) in [6.45, 7) is 2.88. The van der Waals surface area contributed by atoms with Gasteiger partial charge >= 0.3 is 0 Å². The highest BCUT2D eigenvalue weighted by Crippen LogP contribution is 2.21. The summed E-state index contributed by atoms with van der Waals surface area (Å²) < 4.78 is 19.3. The van der Waals surface area contributed by atoms with Crippen LogP contribution in [0.15, 0.2) is 42.6 Å². The minimum Gasteiger partial charge on any atom is -0.493 e. The Kier molecular flexibility index (Phi) is 6.09. The van der Waals surface area contributed by atoms with Crippen molar-refractivity contribution in [3.8, 4) is 5.75 Å². The fourth-order valence-electron chi connectivity index (χ4n) is 1.97. The molecule has 0 aliphatic heterocycles. The number of hydrogen-bond donors (Lipinski definition) is 2. The SMILES string of the molecule is CCOc1cccc(F)c1CCNC(=S)Nc1ccccn1. The van der Waals surface area contributed by atoms with Gasteiger partial charge in [0.15, 0.2) is 5.11 Å². The topological polar surface area (TPSA) is 46.2 Å². The molecular weight excluding hydrogens is 301 g/mol. The first-order chi connectivity index (χ1) is 10.7. The molecule has 0 fully saturated rings. The van der Waals surface area contributed by atoms with Crippen molar-refractivity contribution in [3.63, 3.8) is 0 Å². The van der Waals surface area contributed by atoms with E-state index in [1.54, 1.807) is 18.3 Å². The summed E-state index contributed by atoms with van der Waals surface area (Å²) in [5.74, 6) is 0.977. The van der Waals surface area contributed by atoms with Crippen LogP contribution in [-0.4, -0.2) is 23.2 Å². The van der Waals surface area contributed by atoms with Crippen LogP contribution in [0.2, 0.25) is 0 Å². The lowest BCUT2D eigenvalue weighted by Crippen LogP contribution is -2.30. The highest BCUT2D eigenvalue weighted by atomic mass is 32.1. The number of halogens is 1. The van der Waals surface area contributed by atoms with Crippen LogP contribution in [0.1, 0.15) is 12.5 Å². The molecule has 0 bridgehead atoms. The summed E-state index contributed by atoms with van der Waals surface area (Å²) in [5, 5.41) is 6.45. The number of thiocarbonyl (C=S) groups is 1. The first kappa shape index (κ1) is 16.2. The van der Waals surface area contributed by atoms with Gasteiger partial charge < -0.3 is 15.4 Å². The van der Waals surface area contributed by atoms with Crippen molar-refractivity contribution in [2.45, 2.75) is 13.3 Å². The molecule has 1 aromatic heterocycles. The predicted molar refractivity (Wildman–Crippen MR) is 89.7 cm³/mol. The van der Waals surface area contributed by atoms with Crippen molar-refractivity contribution in [1.82, 2.24) is 10.3 Å². The molecule has 0 saturated heterocycles. The van der Waals surface area contributed by atoms with E-state index in [1.165, 1.54) is 6.07 Å². The normalized spacial score (nSPS) is 10.1. The fourth-order valence-corrected chi connectivity index (χ4v) is 2.18. The highest BCUT2D eigenvalue weighted by Gasteiger charge is 2.09. The Hall–Kier alpha value is -2.21. The summed E-state index contributed by atoms with van der Waals surface area (Å²) in [5.41, 5.74) is 0.553. The van der Waals surface area contributed by atoms with E-state index in [0.29, 0.717) is 41.8 Å². The number of benzene rings is 1. The molecule has 0 aliphatic carbocycles. The van der Waals surface area contributed by atoms with Gasteiger partial charge in [0.2, 0.25) is 0 Å². The smallest absolute Gasteiger partial charge is 0.171 e. The van der Waals surface area contributed by atoms with E-state index >= 15 is 0 Å². The number of aromatic nitrogens is 1. The molecule has 0 saturated carbocycles. The van der Waals surface area contributed by atoms with E-state index in [-0.39, 0.29) is 5.82 Å². The lowest BCUT2D eigenvalue weighted by Gasteiger charge is -2.13. The number of nitrogens with zero attached hydrogens (tertiary/aromatic N) is 1. The predicted octanol–water partition coefficient (Wildman–Crippen LogP) is 3.15. The van der Waals surface area contributed by atoms with Crippen LogP contribution in [0, 0.1) is 5.82 Å². The van der Waals surface area contributed by atoms with Gasteiger partial charge in [0.1, 0.15) is 17.4 Å². The summed E-state index contributed by atoms with van der Waals surface area (Å²) >= 11 is 5.18. The Morgan fingerprint density at radius 1 is 1.27 bits per heavy atom. The molecule has 0 amide bonds. The van der Waals surface area contributed by atoms with Gasteiger partial charge in [0, 0.05) is 18.3 Å². The number of hydrogen-bond acceptors (Lipinski definition) is 3. The number of ether oxygens (including phenoxy) is 1. The largest absolute Gasteiger partial charge is 0.493 e. The van der Waals surface area contributed by atoms with Crippen molar-refractivity contribution in [2.24, 2.45) is 0 Å². The third-order valence-corrected chi connectivity index (χ3v) is 3.19. The molecule has 0 unspecified atom stereocenters. The van der Waals surface area contributed by atoms with Crippen molar-refractivity contribution < 1.29 is 9.13 Å². The zero-order valence-electron chi connectivity index (χ0n) is 12.3. The van der Waals surface area contributed by atoms with Crippen molar-refractivity contribution in [1.29, 1.82) is 0 Å². The van der Waals surface area contributed by atoms with Crippen LogP contribution < -0.4 is 15.4 Å². The van der Waals surface area contributed by atoms with E-state index in [9.17, 15) is 4.39 Å². The Bertz CT molecular complexity index is 622. The average Bonchev–Trinajstić information content (AvgIpc) is 2.51. The third kappa shape index (κ3) is 4.66. The molecule has 1 aromatic carbocycles. The molecule has 22 heavy (non-hydrogen) atoms. The number of pyridine rings is 1. The number of rotatable bonds is 6. The first-order valence-electron chi connectivity index (χ1n) is 7.06. The molecule has 0 radical (unpaired) electrons. The van der Waals surface area contributed by atoms with E-state index in [0.717, 1.165) is 0 Å². The minimum atomic E-state index is -0.267. The van der Waals surface area contributed by atoms with Gasteiger partial charge in [-0.15, -0.1) is 0 Å². The van der Waals surface area contributed by atoms with Crippen LogP contribution in [0.4, 0.5) is 10.2 Å². The van der Waals surface area contributed by atoms with E-state index in [1.807, 2.05) is 25.1 Å². The standard InChI is InChI=1S/C16H18FN3OS/c1-2-21-14-7-5-6-13(17)12(14)9-11-19-16(22)20-15-8-3-4-10-18-15/h3-8,10H,2,9,11H2,1H3,(H2,18,19,20,22). The fraction of sp³-hybridized carbons (Fsp3) is 0.250. The van der Waals surface area contributed by atoms with Gasteiger partial charge in [0.05, 0.1) is 6.61 Å². The minimum absolute atomic E-state index is 0.267. The van der Waals surface area contributed by atoms with Crippen LogP contribution in [0.3, 0.4) is 0 Å². The third-order valence-electron chi connectivity index (χ3n) is 2.94. The summed E-state index contributed by atoms with van der Waals surface area (Å²) in [6, 6.07) is 10.4. The molecule has 2 aromatic rings. The maximum atomic E-state index is 13.9. The first-order valence-corrected chi connectivity index (χ1v) is 7.47. The average molecular weight is 319 g/mol. The van der Waals surface area contributed by atoms with Gasteiger partial charge in [0.25, 0.3) is 0 Å². The monoisotopic (exact) mass is 319 g/mol. The van der Waals surface area contributed by atoms with Crippen molar-refractivity contribution in [3.05, 3.63) is 54.0 Å². The maximum absolute atomic E-state index is 13.9. The summed E-state index contributed by atoms with van der Waals surface area (Å²) in [6.07, 6.45) is 2.16. The number of nitrogens with one attached hydrogen (secondary N) is 2. The Morgan fingerprint density at radius 3 is 2.86 bits per heavy atom. The van der Waals surface area contributed by atoms with Gasteiger partial charge in [-0.1, -0.05) is 12.1 Å². The highest BCUT2D eigenvalue weighted by molar-refractivity contribution is 7.80. The summed E-state index contributed by atoms with van der Waals surface area (Å²) in [4.78, 5) is 4.12. The maximum Gasteiger partial charge on any atom is 0.171 e. The molecule has 0 aliphatic rings. The van der Waals surface area contributed by atoms with Crippen molar-refractivity contribution >= 4 is 23.1 Å². The molecule has 116 valence electrons.